The summed E-state index contributed by atoms with van der Waals surface area (Å²) >= 11 is 0. The van der Waals surface area contributed by atoms with Crippen LogP contribution in [0, 0.1) is 5.92 Å². The number of carbonyl (C=O) groups is 2. The molecule has 1 amide bonds. The molecule has 1 saturated carbocycles. The fourth-order valence-corrected chi connectivity index (χ4v) is 1.97. The number of rotatable bonds is 8. The molecule has 0 saturated heterocycles. The highest BCUT2D eigenvalue weighted by Gasteiger charge is 2.29. The van der Waals surface area contributed by atoms with Crippen LogP contribution in [0.2, 0.25) is 0 Å². The molecular weight excluding hydrogens is 234 g/mol. The number of hydrogen-bond acceptors (Lipinski definition) is 4. The number of ether oxygens (including phenoxy) is 1. The first kappa shape index (κ1) is 15.0. The Morgan fingerprint density at radius 1 is 1.33 bits per heavy atom. The second-order valence-electron chi connectivity index (χ2n) is 4.59. The second-order valence-corrected chi connectivity index (χ2v) is 4.59. The maximum absolute atomic E-state index is 12.1. The van der Waals surface area contributed by atoms with Crippen molar-refractivity contribution < 1.29 is 19.4 Å². The molecule has 5 nitrogen and oxygen atoms in total. The van der Waals surface area contributed by atoms with Crippen molar-refractivity contribution in [1.82, 2.24) is 4.90 Å². The average molecular weight is 257 g/mol. The van der Waals surface area contributed by atoms with E-state index in [4.69, 9.17) is 9.84 Å². The molecular formula is C13H23NO4. The lowest BCUT2D eigenvalue weighted by Crippen LogP contribution is -2.41. The van der Waals surface area contributed by atoms with Crippen molar-refractivity contribution in [2.24, 2.45) is 5.92 Å². The molecule has 0 atom stereocenters. The summed E-state index contributed by atoms with van der Waals surface area (Å²) in [5.74, 6) is -0.0159. The van der Waals surface area contributed by atoms with E-state index in [1.807, 2.05) is 0 Å². The Kier molecular flexibility index (Phi) is 6.72. The standard InChI is InChI=1S/C13H23NO4/c1-2-18-12(16)7-9-14(8-4-10-15)13(17)11-5-3-6-11/h11,15H,2-10H2,1H3. The Morgan fingerprint density at radius 2 is 2.06 bits per heavy atom. The van der Waals surface area contributed by atoms with Crippen molar-refractivity contribution in [1.29, 1.82) is 0 Å². The van der Waals surface area contributed by atoms with Gasteiger partial charge in [0.2, 0.25) is 5.91 Å². The van der Waals surface area contributed by atoms with Gasteiger partial charge in [0.15, 0.2) is 0 Å². The molecule has 0 radical (unpaired) electrons. The number of aliphatic hydroxyl groups excluding tert-OH is 1. The van der Waals surface area contributed by atoms with Gasteiger partial charge >= 0.3 is 5.97 Å². The van der Waals surface area contributed by atoms with Gasteiger partial charge in [0.25, 0.3) is 0 Å². The predicted molar refractivity (Wildman–Crippen MR) is 66.9 cm³/mol. The molecule has 1 N–H and O–H groups in total. The Labute approximate surface area is 108 Å². The Hall–Kier alpha value is -1.10. The monoisotopic (exact) mass is 257 g/mol. The molecule has 0 aromatic rings. The van der Waals surface area contributed by atoms with Crippen LogP contribution in [0.5, 0.6) is 0 Å². The third kappa shape index (κ3) is 4.64. The molecule has 0 spiro atoms. The lowest BCUT2D eigenvalue weighted by Gasteiger charge is -2.31. The lowest BCUT2D eigenvalue weighted by atomic mass is 9.84. The van der Waals surface area contributed by atoms with Gasteiger partial charge in [0, 0.05) is 25.6 Å². The van der Waals surface area contributed by atoms with Gasteiger partial charge in [-0.15, -0.1) is 0 Å². The van der Waals surface area contributed by atoms with Crippen LogP contribution in [-0.2, 0) is 14.3 Å². The third-order valence-electron chi connectivity index (χ3n) is 3.24. The highest BCUT2D eigenvalue weighted by atomic mass is 16.5. The molecule has 1 fully saturated rings. The Morgan fingerprint density at radius 3 is 2.56 bits per heavy atom. The van der Waals surface area contributed by atoms with Crippen molar-refractivity contribution in [2.75, 3.05) is 26.3 Å². The van der Waals surface area contributed by atoms with Crippen LogP contribution in [0.1, 0.15) is 39.0 Å². The highest BCUT2D eigenvalue weighted by molar-refractivity contribution is 5.80. The van der Waals surface area contributed by atoms with Crippen molar-refractivity contribution in [3.63, 3.8) is 0 Å². The van der Waals surface area contributed by atoms with Gasteiger partial charge in [0.05, 0.1) is 13.0 Å². The molecule has 0 aromatic carbocycles. The zero-order chi connectivity index (χ0) is 13.4. The van der Waals surface area contributed by atoms with Gasteiger partial charge in [0.1, 0.15) is 0 Å². The number of hydrogen-bond donors (Lipinski definition) is 1. The van der Waals surface area contributed by atoms with E-state index < -0.39 is 0 Å². The minimum Gasteiger partial charge on any atom is -0.466 e. The van der Waals surface area contributed by atoms with Gasteiger partial charge in [-0.05, 0) is 26.2 Å². The number of aliphatic hydroxyl groups is 1. The van der Waals surface area contributed by atoms with E-state index in [-0.39, 0.29) is 30.8 Å². The van der Waals surface area contributed by atoms with Crippen LogP contribution in [-0.4, -0.2) is 48.2 Å². The maximum Gasteiger partial charge on any atom is 0.307 e. The average Bonchev–Trinajstić information content (AvgIpc) is 2.27. The summed E-state index contributed by atoms with van der Waals surface area (Å²) in [4.78, 5) is 25.1. The zero-order valence-corrected chi connectivity index (χ0v) is 11.1. The minimum atomic E-state index is -0.270. The van der Waals surface area contributed by atoms with Crippen LogP contribution in [0.25, 0.3) is 0 Å². The molecule has 5 heteroatoms. The fourth-order valence-electron chi connectivity index (χ4n) is 1.97. The summed E-state index contributed by atoms with van der Waals surface area (Å²) in [6.07, 6.45) is 3.81. The fraction of sp³-hybridized carbons (Fsp3) is 0.846. The molecule has 1 aliphatic carbocycles. The summed E-state index contributed by atoms with van der Waals surface area (Å²) < 4.78 is 4.85. The van der Waals surface area contributed by atoms with Crippen molar-refractivity contribution in [2.45, 2.75) is 39.0 Å². The first-order valence-electron chi connectivity index (χ1n) is 6.74. The molecule has 0 aromatic heterocycles. The molecule has 0 unspecified atom stereocenters. The summed E-state index contributed by atoms with van der Waals surface area (Å²) in [5.41, 5.74) is 0. The smallest absolute Gasteiger partial charge is 0.307 e. The summed E-state index contributed by atoms with van der Waals surface area (Å²) in [6, 6.07) is 0. The van der Waals surface area contributed by atoms with Crippen molar-refractivity contribution in [3.8, 4) is 0 Å². The van der Waals surface area contributed by atoms with Gasteiger partial charge in [-0.1, -0.05) is 6.42 Å². The SMILES string of the molecule is CCOC(=O)CCN(CCCO)C(=O)C1CCC1. The quantitative estimate of drug-likeness (QED) is 0.657. The van der Waals surface area contributed by atoms with E-state index in [2.05, 4.69) is 0 Å². The topological polar surface area (TPSA) is 66.8 Å². The number of nitrogens with zero attached hydrogens (tertiary/aromatic N) is 1. The molecule has 1 aliphatic rings. The molecule has 18 heavy (non-hydrogen) atoms. The van der Waals surface area contributed by atoms with E-state index in [0.717, 1.165) is 19.3 Å². The van der Waals surface area contributed by atoms with E-state index in [9.17, 15) is 9.59 Å². The molecule has 0 heterocycles. The molecule has 104 valence electrons. The Bertz CT molecular complexity index is 276. The van der Waals surface area contributed by atoms with Crippen LogP contribution in [0.15, 0.2) is 0 Å². The van der Waals surface area contributed by atoms with Gasteiger partial charge in [-0.2, -0.15) is 0 Å². The van der Waals surface area contributed by atoms with Gasteiger partial charge in [-0.25, -0.2) is 0 Å². The highest BCUT2D eigenvalue weighted by Crippen LogP contribution is 2.28. The van der Waals surface area contributed by atoms with Gasteiger partial charge in [-0.3, -0.25) is 9.59 Å². The number of esters is 1. The van der Waals surface area contributed by atoms with Crippen molar-refractivity contribution in [3.05, 3.63) is 0 Å². The zero-order valence-electron chi connectivity index (χ0n) is 11.1. The lowest BCUT2D eigenvalue weighted by molar-refractivity contribution is -0.145. The predicted octanol–water partition coefficient (Wildman–Crippen LogP) is 0.951. The molecule has 0 bridgehead atoms. The normalized spacial score (nSPS) is 15.0. The molecule has 0 aliphatic heterocycles. The van der Waals surface area contributed by atoms with E-state index in [1.165, 1.54) is 0 Å². The summed E-state index contributed by atoms with van der Waals surface area (Å²) in [5, 5.41) is 8.84. The van der Waals surface area contributed by atoms with Crippen LogP contribution < -0.4 is 0 Å². The summed E-state index contributed by atoms with van der Waals surface area (Å²) in [6.45, 7) is 3.11. The van der Waals surface area contributed by atoms with E-state index >= 15 is 0 Å². The largest absolute Gasteiger partial charge is 0.466 e. The van der Waals surface area contributed by atoms with E-state index in [0.29, 0.717) is 26.1 Å². The second kappa shape index (κ2) is 8.08. The number of amides is 1. The third-order valence-corrected chi connectivity index (χ3v) is 3.24. The van der Waals surface area contributed by atoms with Gasteiger partial charge < -0.3 is 14.7 Å². The molecule has 1 rings (SSSR count). The van der Waals surface area contributed by atoms with Crippen molar-refractivity contribution >= 4 is 11.9 Å². The maximum atomic E-state index is 12.1. The van der Waals surface area contributed by atoms with Crippen LogP contribution in [0.3, 0.4) is 0 Å². The first-order chi connectivity index (χ1) is 8.69. The van der Waals surface area contributed by atoms with Crippen LogP contribution in [0.4, 0.5) is 0 Å². The summed E-state index contributed by atoms with van der Waals surface area (Å²) in [7, 11) is 0. The Balaban J connectivity index is 2.38. The van der Waals surface area contributed by atoms with Crippen LogP contribution >= 0.6 is 0 Å². The minimum absolute atomic E-state index is 0.0633. The number of carbonyl (C=O) groups excluding carboxylic acids is 2. The van der Waals surface area contributed by atoms with E-state index in [1.54, 1.807) is 11.8 Å². The first-order valence-corrected chi connectivity index (χ1v) is 6.74.